The van der Waals surface area contributed by atoms with E-state index in [1.165, 1.54) is 0 Å². The molecular formula is C8H14N2O2. The number of amides is 2. The number of rotatable bonds is 3. The van der Waals surface area contributed by atoms with Gasteiger partial charge in [-0.15, -0.1) is 0 Å². The Morgan fingerprint density at radius 3 is 2.92 bits per heavy atom. The van der Waals surface area contributed by atoms with Crippen LogP contribution < -0.4 is 10.6 Å². The molecule has 0 radical (unpaired) electrons. The van der Waals surface area contributed by atoms with Crippen molar-refractivity contribution in [2.24, 2.45) is 0 Å². The van der Waals surface area contributed by atoms with Crippen molar-refractivity contribution in [2.45, 2.75) is 32.2 Å². The normalized spacial score (nSPS) is 23.9. The predicted molar refractivity (Wildman–Crippen MR) is 44.5 cm³/mol. The summed E-state index contributed by atoms with van der Waals surface area (Å²) in [6, 6.07) is -0.164. The molecule has 1 aliphatic rings. The maximum absolute atomic E-state index is 11.1. The van der Waals surface area contributed by atoms with Crippen LogP contribution in [0.3, 0.4) is 0 Å². The van der Waals surface area contributed by atoms with E-state index < -0.39 is 0 Å². The van der Waals surface area contributed by atoms with Gasteiger partial charge in [-0.3, -0.25) is 14.9 Å². The second-order valence-corrected chi connectivity index (χ2v) is 2.96. The van der Waals surface area contributed by atoms with Crippen molar-refractivity contribution < 1.29 is 9.59 Å². The van der Waals surface area contributed by atoms with Gasteiger partial charge in [0.05, 0.1) is 6.04 Å². The molecule has 4 heteroatoms. The van der Waals surface area contributed by atoms with Crippen LogP contribution >= 0.6 is 0 Å². The highest BCUT2D eigenvalue weighted by Crippen LogP contribution is 2.03. The van der Waals surface area contributed by atoms with E-state index in [2.05, 4.69) is 10.6 Å². The number of imide groups is 1. The van der Waals surface area contributed by atoms with Gasteiger partial charge in [-0.1, -0.05) is 6.92 Å². The Kier molecular flexibility index (Phi) is 3.22. The van der Waals surface area contributed by atoms with Gasteiger partial charge in [0.15, 0.2) is 0 Å². The molecule has 1 rings (SSSR count). The molecule has 0 aliphatic carbocycles. The Hall–Kier alpha value is -0.900. The summed E-state index contributed by atoms with van der Waals surface area (Å²) in [6.07, 6.45) is 2.08. The van der Waals surface area contributed by atoms with Gasteiger partial charge in [0.2, 0.25) is 11.8 Å². The monoisotopic (exact) mass is 170 g/mol. The molecule has 0 aromatic heterocycles. The molecular weight excluding hydrogens is 156 g/mol. The molecule has 1 atom stereocenters. The molecule has 0 saturated carbocycles. The van der Waals surface area contributed by atoms with Crippen molar-refractivity contribution in [3.8, 4) is 0 Å². The third-order valence-electron chi connectivity index (χ3n) is 1.88. The van der Waals surface area contributed by atoms with E-state index in [1.54, 1.807) is 0 Å². The number of piperidine rings is 1. The van der Waals surface area contributed by atoms with E-state index >= 15 is 0 Å². The van der Waals surface area contributed by atoms with E-state index in [0.717, 1.165) is 13.0 Å². The third kappa shape index (κ3) is 2.30. The lowest BCUT2D eigenvalue weighted by atomic mass is 10.1. The lowest BCUT2D eigenvalue weighted by Crippen LogP contribution is -2.50. The van der Waals surface area contributed by atoms with Gasteiger partial charge in [-0.2, -0.15) is 0 Å². The zero-order chi connectivity index (χ0) is 8.97. The first-order valence-electron chi connectivity index (χ1n) is 4.31. The average Bonchev–Trinajstić information content (AvgIpc) is 2.03. The Morgan fingerprint density at radius 1 is 1.58 bits per heavy atom. The van der Waals surface area contributed by atoms with Gasteiger partial charge in [0.1, 0.15) is 0 Å². The summed E-state index contributed by atoms with van der Waals surface area (Å²) in [5.41, 5.74) is 0. The molecule has 2 amide bonds. The van der Waals surface area contributed by atoms with Crippen molar-refractivity contribution in [1.29, 1.82) is 0 Å². The molecule has 1 unspecified atom stereocenters. The molecule has 0 spiro atoms. The quantitative estimate of drug-likeness (QED) is 0.576. The summed E-state index contributed by atoms with van der Waals surface area (Å²) in [4.78, 5) is 21.8. The maximum Gasteiger partial charge on any atom is 0.243 e. The van der Waals surface area contributed by atoms with Gasteiger partial charge >= 0.3 is 0 Å². The van der Waals surface area contributed by atoms with Crippen LogP contribution in [0.15, 0.2) is 0 Å². The highest BCUT2D eigenvalue weighted by atomic mass is 16.2. The van der Waals surface area contributed by atoms with Gasteiger partial charge in [-0.05, 0) is 19.4 Å². The topological polar surface area (TPSA) is 58.2 Å². The fraction of sp³-hybridized carbons (Fsp3) is 0.750. The van der Waals surface area contributed by atoms with Crippen LogP contribution in [0.4, 0.5) is 0 Å². The first-order valence-corrected chi connectivity index (χ1v) is 4.31. The van der Waals surface area contributed by atoms with Gasteiger partial charge < -0.3 is 5.32 Å². The van der Waals surface area contributed by atoms with Crippen molar-refractivity contribution in [3.05, 3.63) is 0 Å². The molecule has 4 nitrogen and oxygen atoms in total. The molecule has 2 N–H and O–H groups in total. The second-order valence-electron chi connectivity index (χ2n) is 2.96. The van der Waals surface area contributed by atoms with Crippen molar-refractivity contribution in [3.63, 3.8) is 0 Å². The average molecular weight is 170 g/mol. The SMILES string of the molecule is CCCNC1CCC(=O)NC1=O. The summed E-state index contributed by atoms with van der Waals surface area (Å²) in [5, 5.41) is 5.38. The lowest BCUT2D eigenvalue weighted by Gasteiger charge is -2.21. The van der Waals surface area contributed by atoms with E-state index in [9.17, 15) is 9.59 Å². The smallest absolute Gasteiger partial charge is 0.243 e. The molecule has 1 fully saturated rings. The zero-order valence-electron chi connectivity index (χ0n) is 7.22. The van der Waals surface area contributed by atoms with Crippen LogP contribution in [0.1, 0.15) is 26.2 Å². The van der Waals surface area contributed by atoms with E-state index in [0.29, 0.717) is 12.8 Å². The molecule has 68 valence electrons. The Balaban J connectivity index is 2.35. The second kappa shape index (κ2) is 4.21. The Bertz CT molecular complexity index is 191. The van der Waals surface area contributed by atoms with Crippen molar-refractivity contribution in [2.75, 3.05) is 6.54 Å². The van der Waals surface area contributed by atoms with Gasteiger partial charge in [-0.25, -0.2) is 0 Å². The zero-order valence-corrected chi connectivity index (χ0v) is 7.22. The van der Waals surface area contributed by atoms with Crippen LogP contribution in [-0.4, -0.2) is 24.4 Å². The minimum Gasteiger partial charge on any atom is -0.306 e. The number of carbonyl (C=O) groups excluding carboxylic acids is 2. The summed E-state index contributed by atoms with van der Waals surface area (Å²) in [7, 11) is 0. The molecule has 0 bridgehead atoms. The highest BCUT2D eigenvalue weighted by molar-refractivity contribution is 6.00. The number of hydrogen-bond donors (Lipinski definition) is 2. The predicted octanol–water partition coefficient (Wildman–Crippen LogP) is -0.209. The molecule has 1 saturated heterocycles. The lowest BCUT2D eigenvalue weighted by molar-refractivity contribution is -0.134. The van der Waals surface area contributed by atoms with E-state index in [-0.39, 0.29) is 17.9 Å². The minimum atomic E-state index is -0.181. The standard InChI is InChI=1S/C8H14N2O2/c1-2-5-9-6-3-4-7(11)10-8(6)12/h6,9H,2-5H2,1H3,(H,10,11,12). The van der Waals surface area contributed by atoms with E-state index in [4.69, 9.17) is 0 Å². The van der Waals surface area contributed by atoms with Crippen LogP contribution in [0, 0.1) is 0 Å². The number of nitrogens with one attached hydrogen (secondary N) is 2. The molecule has 1 heterocycles. The molecule has 0 aromatic rings. The minimum absolute atomic E-state index is 0.158. The fourth-order valence-corrected chi connectivity index (χ4v) is 1.21. The van der Waals surface area contributed by atoms with Crippen molar-refractivity contribution in [1.82, 2.24) is 10.6 Å². The largest absolute Gasteiger partial charge is 0.306 e. The Morgan fingerprint density at radius 2 is 2.33 bits per heavy atom. The number of carbonyl (C=O) groups is 2. The van der Waals surface area contributed by atoms with Gasteiger partial charge in [0, 0.05) is 6.42 Å². The van der Waals surface area contributed by atoms with Crippen LogP contribution in [0.2, 0.25) is 0 Å². The summed E-state index contributed by atoms with van der Waals surface area (Å²) in [6.45, 7) is 2.87. The van der Waals surface area contributed by atoms with Crippen molar-refractivity contribution >= 4 is 11.8 Å². The maximum atomic E-state index is 11.1. The summed E-state index contributed by atoms with van der Waals surface area (Å²) < 4.78 is 0. The molecule has 12 heavy (non-hydrogen) atoms. The Labute approximate surface area is 71.7 Å². The fourth-order valence-electron chi connectivity index (χ4n) is 1.21. The van der Waals surface area contributed by atoms with E-state index in [1.807, 2.05) is 6.92 Å². The number of hydrogen-bond acceptors (Lipinski definition) is 3. The molecule has 1 aliphatic heterocycles. The first-order chi connectivity index (χ1) is 5.74. The van der Waals surface area contributed by atoms with Crippen LogP contribution in [0.5, 0.6) is 0 Å². The highest BCUT2D eigenvalue weighted by Gasteiger charge is 2.25. The third-order valence-corrected chi connectivity index (χ3v) is 1.88. The first kappa shape index (κ1) is 9.19. The van der Waals surface area contributed by atoms with Crippen LogP contribution in [-0.2, 0) is 9.59 Å². The summed E-state index contributed by atoms with van der Waals surface area (Å²) >= 11 is 0. The van der Waals surface area contributed by atoms with Gasteiger partial charge in [0.25, 0.3) is 0 Å². The van der Waals surface area contributed by atoms with Crippen LogP contribution in [0.25, 0.3) is 0 Å². The summed E-state index contributed by atoms with van der Waals surface area (Å²) in [5.74, 6) is -0.339. The molecule has 0 aromatic carbocycles.